The molecule has 5 heteroatoms. The third kappa shape index (κ3) is 3.89. The predicted octanol–water partition coefficient (Wildman–Crippen LogP) is 1.86. The van der Waals surface area contributed by atoms with Crippen LogP contribution < -0.4 is 0 Å². The summed E-state index contributed by atoms with van der Waals surface area (Å²) in [5.74, 6) is 1.88. The number of likely N-dealkylation sites (tertiary alicyclic amines) is 1. The van der Waals surface area contributed by atoms with Crippen LogP contribution in [0.4, 0.5) is 0 Å². The Morgan fingerprint density at radius 2 is 1.95 bits per heavy atom. The highest BCUT2D eigenvalue weighted by Gasteiger charge is 2.20. The van der Waals surface area contributed by atoms with Gasteiger partial charge in [0.15, 0.2) is 5.82 Å². The van der Waals surface area contributed by atoms with Gasteiger partial charge in [-0.2, -0.15) is 4.98 Å². The van der Waals surface area contributed by atoms with E-state index in [9.17, 15) is 0 Å². The lowest BCUT2D eigenvalue weighted by atomic mass is 9.98. The number of hydrogen-bond donors (Lipinski definition) is 1. The Kier molecular flexibility index (Phi) is 4.62. The summed E-state index contributed by atoms with van der Waals surface area (Å²) < 4.78 is 5.34. The van der Waals surface area contributed by atoms with E-state index in [2.05, 4.69) is 27.2 Å². The van der Waals surface area contributed by atoms with Gasteiger partial charge < -0.3 is 9.63 Å². The first-order valence-corrected chi connectivity index (χ1v) is 7.52. The molecule has 1 fully saturated rings. The Hall–Kier alpha value is -1.72. The summed E-state index contributed by atoms with van der Waals surface area (Å²) in [5.41, 5.74) is 1.19. The molecule has 0 radical (unpaired) electrons. The second-order valence-corrected chi connectivity index (χ2v) is 5.67. The van der Waals surface area contributed by atoms with Gasteiger partial charge in [0.1, 0.15) is 0 Å². The highest BCUT2D eigenvalue weighted by atomic mass is 16.5. The number of piperidine rings is 1. The lowest BCUT2D eigenvalue weighted by Crippen LogP contribution is -2.34. The standard InChI is InChI=1S/C16H21N3O2/c20-12-14-6-8-19(9-7-14)11-16-17-15(18-21-16)10-13-4-2-1-3-5-13/h1-5,14,20H,6-12H2. The first kappa shape index (κ1) is 14.2. The lowest BCUT2D eigenvalue weighted by Gasteiger charge is -2.29. The highest BCUT2D eigenvalue weighted by Crippen LogP contribution is 2.18. The van der Waals surface area contributed by atoms with Crippen molar-refractivity contribution >= 4 is 0 Å². The van der Waals surface area contributed by atoms with Crippen LogP contribution in [0.15, 0.2) is 34.9 Å². The molecular formula is C16H21N3O2. The molecule has 1 aromatic heterocycles. The van der Waals surface area contributed by atoms with E-state index in [1.54, 1.807) is 0 Å². The van der Waals surface area contributed by atoms with Crippen molar-refractivity contribution in [1.82, 2.24) is 15.0 Å². The largest absolute Gasteiger partial charge is 0.396 e. The summed E-state index contributed by atoms with van der Waals surface area (Å²) in [6.45, 7) is 2.98. The number of nitrogens with zero attached hydrogens (tertiary/aromatic N) is 3. The molecule has 1 aliphatic heterocycles. The molecule has 0 saturated carbocycles. The topological polar surface area (TPSA) is 62.4 Å². The quantitative estimate of drug-likeness (QED) is 0.909. The predicted molar refractivity (Wildman–Crippen MR) is 78.6 cm³/mol. The van der Waals surface area contributed by atoms with Crippen molar-refractivity contribution in [2.24, 2.45) is 5.92 Å². The van der Waals surface area contributed by atoms with E-state index < -0.39 is 0 Å². The Balaban J connectivity index is 1.53. The number of benzene rings is 1. The Labute approximate surface area is 124 Å². The monoisotopic (exact) mass is 287 g/mol. The lowest BCUT2D eigenvalue weighted by molar-refractivity contribution is 0.119. The fourth-order valence-corrected chi connectivity index (χ4v) is 2.72. The van der Waals surface area contributed by atoms with Gasteiger partial charge in [-0.25, -0.2) is 0 Å². The molecule has 0 atom stereocenters. The van der Waals surface area contributed by atoms with Gasteiger partial charge in [-0.15, -0.1) is 0 Å². The second-order valence-electron chi connectivity index (χ2n) is 5.67. The van der Waals surface area contributed by atoms with Gasteiger partial charge in [-0.05, 0) is 37.4 Å². The number of rotatable bonds is 5. The smallest absolute Gasteiger partial charge is 0.240 e. The molecule has 5 nitrogen and oxygen atoms in total. The van der Waals surface area contributed by atoms with E-state index in [-0.39, 0.29) is 0 Å². The Morgan fingerprint density at radius 3 is 2.67 bits per heavy atom. The molecule has 2 aromatic rings. The van der Waals surface area contributed by atoms with Crippen molar-refractivity contribution < 1.29 is 9.63 Å². The molecule has 21 heavy (non-hydrogen) atoms. The van der Waals surface area contributed by atoms with Crippen LogP contribution in [0.25, 0.3) is 0 Å². The SMILES string of the molecule is OCC1CCN(Cc2nc(Cc3ccccc3)no2)CC1. The zero-order valence-corrected chi connectivity index (χ0v) is 12.1. The summed E-state index contributed by atoms with van der Waals surface area (Å²) in [5, 5.41) is 13.2. The molecule has 0 bridgehead atoms. The van der Waals surface area contributed by atoms with Crippen LogP contribution in [0, 0.1) is 5.92 Å². The highest BCUT2D eigenvalue weighted by molar-refractivity contribution is 5.18. The maximum absolute atomic E-state index is 9.15. The Bertz CT molecular complexity index is 548. The van der Waals surface area contributed by atoms with E-state index in [4.69, 9.17) is 9.63 Å². The van der Waals surface area contributed by atoms with Gasteiger partial charge in [0.05, 0.1) is 6.54 Å². The molecule has 0 unspecified atom stereocenters. The number of hydrogen-bond acceptors (Lipinski definition) is 5. The van der Waals surface area contributed by atoms with Crippen LogP contribution in [0.5, 0.6) is 0 Å². The van der Waals surface area contributed by atoms with Gasteiger partial charge in [-0.1, -0.05) is 35.5 Å². The van der Waals surface area contributed by atoms with Crippen molar-refractivity contribution in [2.45, 2.75) is 25.8 Å². The number of aliphatic hydroxyl groups is 1. The van der Waals surface area contributed by atoms with E-state index in [0.29, 0.717) is 31.4 Å². The minimum absolute atomic E-state index is 0.301. The fourth-order valence-electron chi connectivity index (χ4n) is 2.72. The van der Waals surface area contributed by atoms with Crippen LogP contribution >= 0.6 is 0 Å². The molecule has 0 aliphatic carbocycles. The summed E-state index contributed by atoms with van der Waals surface area (Å²) in [4.78, 5) is 6.78. The average Bonchev–Trinajstić information content (AvgIpc) is 2.96. The van der Waals surface area contributed by atoms with Crippen molar-refractivity contribution in [1.29, 1.82) is 0 Å². The second kappa shape index (κ2) is 6.83. The van der Waals surface area contributed by atoms with Gasteiger partial charge in [0.2, 0.25) is 5.89 Å². The first-order valence-electron chi connectivity index (χ1n) is 7.52. The molecular weight excluding hydrogens is 266 g/mol. The number of aromatic nitrogens is 2. The molecule has 1 saturated heterocycles. The van der Waals surface area contributed by atoms with Crippen LogP contribution in [-0.4, -0.2) is 39.8 Å². The maximum atomic E-state index is 9.15. The normalized spacial score (nSPS) is 17.2. The van der Waals surface area contributed by atoms with Crippen LogP contribution in [0.1, 0.15) is 30.1 Å². The van der Waals surface area contributed by atoms with Crippen molar-refractivity contribution in [3.05, 3.63) is 47.6 Å². The zero-order valence-electron chi connectivity index (χ0n) is 12.1. The molecule has 0 amide bonds. The Morgan fingerprint density at radius 1 is 1.19 bits per heavy atom. The van der Waals surface area contributed by atoms with Gasteiger partial charge in [0, 0.05) is 13.0 Å². The summed E-state index contributed by atoms with van der Waals surface area (Å²) in [7, 11) is 0. The maximum Gasteiger partial charge on any atom is 0.240 e. The molecule has 3 rings (SSSR count). The minimum atomic E-state index is 0.301. The van der Waals surface area contributed by atoms with E-state index in [1.807, 2.05) is 18.2 Å². The molecule has 1 N–H and O–H groups in total. The van der Waals surface area contributed by atoms with Gasteiger partial charge in [0.25, 0.3) is 0 Å². The van der Waals surface area contributed by atoms with E-state index >= 15 is 0 Å². The number of aliphatic hydroxyl groups excluding tert-OH is 1. The van der Waals surface area contributed by atoms with Crippen LogP contribution in [-0.2, 0) is 13.0 Å². The molecule has 1 aliphatic rings. The molecule has 1 aromatic carbocycles. The first-order chi connectivity index (χ1) is 10.3. The summed E-state index contributed by atoms with van der Waals surface area (Å²) in [6.07, 6.45) is 2.79. The average molecular weight is 287 g/mol. The third-order valence-corrected chi connectivity index (χ3v) is 4.04. The van der Waals surface area contributed by atoms with E-state index in [0.717, 1.165) is 31.8 Å². The van der Waals surface area contributed by atoms with Crippen molar-refractivity contribution in [3.63, 3.8) is 0 Å². The van der Waals surface area contributed by atoms with Crippen molar-refractivity contribution in [3.8, 4) is 0 Å². The summed E-state index contributed by atoms with van der Waals surface area (Å²) >= 11 is 0. The van der Waals surface area contributed by atoms with Gasteiger partial charge >= 0.3 is 0 Å². The minimum Gasteiger partial charge on any atom is -0.396 e. The van der Waals surface area contributed by atoms with Crippen LogP contribution in [0.3, 0.4) is 0 Å². The van der Waals surface area contributed by atoms with E-state index in [1.165, 1.54) is 5.56 Å². The van der Waals surface area contributed by atoms with Crippen LogP contribution in [0.2, 0.25) is 0 Å². The van der Waals surface area contributed by atoms with Gasteiger partial charge in [-0.3, -0.25) is 4.90 Å². The zero-order chi connectivity index (χ0) is 14.5. The molecule has 2 heterocycles. The third-order valence-electron chi connectivity index (χ3n) is 4.04. The molecule has 112 valence electrons. The fraction of sp³-hybridized carbons (Fsp3) is 0.500. The van der Waals surface area contributed by atoms with Crippen molar-refractivity contribution in [2.75, 3.05) is 19.7 Å². The summed E-state index contributed by atoms with van der Waals surface area (Å²) in [6, 6.07) is 10.2. The molecule has 0 spiro atoms.